The van der Waals surface area contributed by atoms with Gasteiger partial charge in [-0.2, -0.15) is 10.2 Å². The lowest BCUT2D eigenvalue weighted by Crippen LogP contribution is -2.43. The number of carbonyl (C=O) groups excluding carboxylic acids is 2. The van der Waals surface area contributed by atoms with Crippen LogP contribution in [0.4, 0.5) is 22.2 Å². The van der Waals surface area contributed by atoms with Crippen molar-refractivity contribution in [3.8, 4) is 17.9 Å². The third-order valence-electron chi connectivity index (χ3n) is 5.10. The molecule has 0 aliphatic heterocycles. The van der Waals surface area contributed by atoms with Crippen LogP contribution in [0.15, 0.2) is 30.5 Å². The highest BCUT2D eigenvalue weighted by Crippen LogP contribution is 2.18. The smallest absolute Gasteiger partial charge is 0.410 e. The normalized spacial score (nSPS) is 10.5. The molecule has 208 valence electrons. The van der Waals surface area contributed by atoms with Crippen molar-refractivity contribution < 1.29 is 14.3 Å². The Hall–Kier alpha value is -4.31. The molecule has 0 radical (unpaired) electrons. The maximum atomic E-state index is 12.4. The van der Waals surface area contributed by atoms with E-state index in [1.165, 1.54) is 4.90 Å². The van der Waals surface area contributed by atoms with E-state index in [1.807, 2.05) is 6.92 Å². The molecule has 2 amide bonds. The van der Waals surface area contributed by atoms with Crippen molar-refractivity contribution in [2.75, 3.05) is 36.8 Å². The summed E-state index contributed by atoms with van der Waals surface area (Å²) in [5.74, 6) is 7.08. The number of benzene rings is 1. The first kappa shape index (κ1) is 30.9. The summed E-state index contributed by atoms with van der Waals surface area (Å²) in [7, 11) is 0. The number of amides is 2. The van der Waals surface area contributed by atoms with Crippen molar-refractivity contribution in [3.63, 3.8) is 0 Å². The summed E-state index contributed by atoms with van der Waals surface area (Å²) in [6.07, 6.45) is 4.08. The molecule has 0 unspecified atom stereocenters. The standard InChI is InChI=1S/C29H39N7O3/c1-6-16-32-26-23(20-33-27(35-26)34-24-14-12-22(19-30)13-15-24)11-9-8-10-17-31-25(37)21-36(18-7-2)28(38)39-29(3,4)5/h12-15,20H,6-8,10,16-18,21H2,1-5H3,(H,31,37)(H2,32,33,34,35). The topological polar surface area (TPSA) is 132 Å². The van der Waals surface area contributed by atoms with E-state index >= 15 is 0 Å². The molecule has 1 aromatic carbocycles. The SMILES string of the molecule is CCCNc1nc(Nc2ccc(C#N)cc2)ncc1C#CCCCNC(=O)CN(CCC)C(=O)OC(C)(C)C. The number of nitrogens with one attached hydrogen (secondary N) is 3. The zero-order chi connectivity index (χ0) is 28.7. The summed E-state index contributed by atoms with van der Waals surface area (Å²) in [4.78, 5) is 35.1. The van der Waals surface area contributed by atoms with Crippen LogP contribution in [-0.2, 0) is 9.53 Å². The van der Waals surface area contributed by atoms with Crippen LogP contribution >= 0.6 is 0 Å². The van der Waals surface area contributed by atoms with Gasteiger partial charge < -0.3 is 20.7 Å². The second-order valence-electron chi connectivity index (χ2n) is 9.85. The molecule has 0 saturated heterocycles. The van der Waals surface area contributed by atoms with Gasteiger partial charge >= 0.3 is 6.09 Å². The van der Waals surface area contributed by atoms with Crippen LogP contribution in [0.1, 0.15) is 71.4 Å². The number of hydrogen-bond acceptors (Lipinski definition) is 8. The van der Waals surface area contributed by atoms with Gasteiger partial charge in [-0.3, -0.25) is 9.69 Å². The van der Waals surface area contributed by atoms with Crippen molar-refractivity contribution >= 4 is 29.5 Å². The fraction of sp³-hybridized carbons (Fsp3) is 0.483. The van der Waals surface area contributed by atoms with Gasteiger partial charge in [-0.1, -0.05) is 25.7 Å². The second kappa shape index (κ2) is 15.8. The molecule has 2 rings (SSSR count). The van der Waals surface area contributed by atoms with Crippen molar-refractivity contribution in [1.29, 1.82) is 5.26 Å². The van der Waals surface area contributed by atoms with E-state index in [4.69, 9.17) is 10.00 Å². The van der Waals surface area contributed by atoms with Crippen molar-refractivity contribution in [3.05, 3.63) is 41.6 Å². The number of anilines is 3. The molecule has 1 aromatic heterocycles. The average molecular weight is 534 g/mol. The summed E-state index contributed by atoms with van der Waals surface area (Å²) in [5, 5.41) is 18.2. The molecule has 3 N–H and O–H groups in total. The van der Waals surface area contributed by atoms with Crippen LogP contribution in [0.3, 0.4) is 0 Å². The van der Waals surface area contributed by atoms with Gasteiger partial charge in [0.25, 0.3) is 0 Å². The van der Waals surface area contributed by atoms with E-state index < -0.39 is 11.7 Å². The molecular formula is C29H39N7O3. The predicted octanol–water partition coefficient (Wildman–Crippen LogP) is 4.81. The Morgan fingerprint density at radius 1 is 1.10 bits per heavy atom. The number of rotatable bonds is 12. The summed E-state index contributed by atoms with van der Waals surface area (Å²) >= 11 is 0. The first-order chi connectivity index (χ1) is 18.6. The molecule has 0 bridgehead atoms. The number of ether oxygens (including phenoxy) is 1. The van der Waals surface area contributed by atoms with Crippen LogP contribution in [0.2, 0.25) is 0 Å². The minimum Gasteiger partial charge on any atom is -0.444 e. The number of hydrogen-bond donors (Lipinski definition) is 3. The van der Waals surface area contributed by atoms with Crippen LogP contribution in [0.5, 0.6) is 0 Å². The Bertz CT molecular complexity index is 1190. The molecule has 39 heavy (non-hydrogen) atoms. The summed E-state index contributed by atoms with van der Waals surface area (Å²) in [5.41, 5.74) is 1.43. The van der Waals surface area contributed by atoms with Crippen LogP contribution in [-0.4, -0.2) is 58.6 Å². The number of aromatic nitrogens is 2. The first-order valence-corrected chi connectivity index (χ1v) is 13.3. The van der Waals surface area contributed by atoms with Gasteiger partial charge in [0.15, 0.2) is 0 Å². The molecular weight excluding hydrogens is 494 g/mol. The van der Waals surface area contributed by atoms with Gasteiger partial charge in [0, 0.05) is 31.7 Å². The van der Waals surface area contributed by atoms with Crippen molar-refractivity contribution in [2.24, 2.45) is 0 Å². The highest BCUT2D eigenvalue weighted by molar-refractivity contribution is 5.82. The first-order valence-electron chi connectivity index (χ1n) is 13.3. The zero-order valence-electron chi connectivity index (χ0n) is 23.6. The van der Waals surface area contributed by atoms with Gasteiger partial charge in [-0.25, -0.2) is 9.78 Å². The lowest BCUT2D eigenvalue weighted by atomic mass is 10.2. The highest BCUT2D eigenvalue weighted by atomic mass is 16.6. The molecule has 1 heterocycles. The fourth-order valence-electron chi connectivity index (χ4n) is 3.29. The third-order valence-corrected chi connectivity index (χ3v) is 5.10. The van der Waals surface area contributed by atoms with Gasteiger partial charge in [0.05, 0.1) is 23.4 Å². The maximum absolute atomic E-state index is 12.4. The summed E-state index contributed by atoms with van der Waals surface area (Å²) in [6, 6.07) is 9.14. The summed E-state index contributed by atoms with van der Waals surface area (Å²) in [6.45, 7) is 11.0. The molecule has 2 aromatic rings. The Labute approximate surface area is 231 Å². The van der Waals surface area contributed by atoms with Gasteiger partial charge in [0.2, 0.25) is 11.9 Å². The van der Waals surface area contributed by atoms with Crippen molar-refractivity contribution in [1.82, 2.24) is 20.2 Å². The van der Waals surface area contributed by atoms with Crippen LogP contribution in [0.25, 0.3) is 0 Å². The summed E-state index contributed by atoms with van der Waals surface area (Å²) < 4.78 is 5.39. The van der Waals surface area contributed by atoms with Gasteiger partial charge in [-0.05, 0) is 64.3 Å². The molecule has 0 aliphatic carbocycles. The van der Waals surface area contributed by atoms with Crippen LogP contribution < -0.4 is 16.0 Å². The van der Waals surface area contributed by atoms with Gasteiger partial charge in [0.1, 0.15) is 18.0 Å². The Balaban J connectivity index is 1.89. The number of unbranched alkanes of at least 4 members (excludes halogenated alkanes) is 1. The third kappa shape index (κ3) is 11.7. The maximum Gasteiger partial charge on any atom is 0.410 e. The molecule has 10 heteroatoms. The Kier molecular flexibility index (Phi) is 12.5. The molecule has 0 fully saturated rings. The second-order valence-corrected chi connectivity index (χ2v) is 9.85. The molecule has 0 spiro atoms. The van der Waals surface area contributed by atoms with Crippen LogP contribution in [0, 0.1) is 23.2 Å². The van der Waals surface area contributed by atoms with Crippen molar-refractivity contribution in [2.45, 2.75) is 65.9 Å². The van der Waals surface area contributed by atoms with E-state index in [0.717, 1.165) is 25.1 Å². The molecule has 0 atom stereocenters. The predicted molar refractivity (Wildman–Crippen MR) is 152 cm³/mol. The molecule has 10 nitrogen and oxygen atoms in total. The minimum absolute atomic E-state index is 0.0406. The molecule has 0 saturated carbocycles. The van der Waals surface area contributed by atoms with E-state index in [9.17, 15) is 9.59 Å². The van der Waals surface area contributed by atoms with E-state index in [0.29, 0.717) is 48.8 Å². The minimum atomic E-state index is -0.614. The Morgan fingerprint density at radius 2 is 1.85 bits per heavy atom. The number of nitriles is 1. The lowest BCUT2D eigenvalue weighted by molar-refractivity contribution is -0.122. The van der Waals surface area contributed by atoms with E-state index in [2.05, 4.69) is 50.8 Å². The van der Waals surface area contributed by atoms with E-state index in [-0.39, 0.29) is 12.5 Å². The van der Waals surface area contributed by atoms with E-state index in [1.54, 1.807) is 51.2 Å². The lowest BCUT2D eigenvalue weighted by Gasteiger charge is -2.26. The quantitative estimate of drug-likeness (QED) is 0.262. The Morgan fingerprint density at radius 3 is 2.49 bits per heavy atom. The molecule has 0 aliphatic rings. The monoisotopic (exact) mass is 533 g/mol. The number of carbonyl (C=O) groups is 2. The average Bonchev–Trinajstić information content (AvgIpc) is 2.89. The van der Waals surface area contributed by atoms with Gasteiger partial charge in [-0.15, -0.1) is 0 Å². The fourth-order valence-corrected chi connectivity index (χ4v) is 3.29. The zero-order valence-corrected chi connectivity index (χ0v) is 23.6. The highest BCUT2D eigenvalue weighted by Gasteiger charge is 2.23. The largest absolute Gasteiger partial charge is 0.444 e. The number of nitrogens with zero attached hydrogens (tertiary/aromatic N) is 4.